The topological polar surface area (TPSA) is 41.6 Å². The summed E-state index contributed by atoms with van der Waals surface area (Å²) in [4.78, 5) is 14.9. The molecule has 2 aromatic rings. The summed E-state index contributed by atoms with van der Waals surface area (Å²) in [5.74, 6) is 0.801. The van der Waals surface area contributed by atoms with Gasteiger partial charge in [-0.1, -0.05) is 36.4 Å². The van der Waals surface area contributed by atoms with Gasteiger partial charge in [-0.05, 0) is 67.1 Å². The van der Waals surface area contributed by atoms with E-state index in [1.54, 1.807) is 13.2 Å². The molecule has 4 rings (SSSR count). The summed E-state index contributed by atoms with van der Waals surface area (Å²) in [6, 6.07) is 17.3. The molecule has 2 aliphatic rings. The maximum Gasteiger partial charge on any atom is 0.244 e. The molecule has 0 radical (unpaired) electrons. The van der Waals surface area contributed by atoms with Gasteiger partial charge in [0.25, 0.3) is 0 Å². The fourth-order valence-corrected chi connectivity index (χ4v) is 4.39. The lowest BCUT2D eigenvalue weighted by atomic mass is 10.0. The molecule has 1 fully saturated rings. The monoisotopic (exact) mass is 376 g/mol. The van der Waals surface area contributed by atoms with Crippen molar-refractivity contribution in [2.45, 2.75) is 37.8 Å². The van der Waals surface area contributed by atoms with Crippen LogP contribution < -0.4 is 10.1 Å². The summed E-state index contributed by atoms with van der Waals surface area (Å²) in [5.41, 5.74) is 3.96. The molecule has 4 heteroatoms. The van der Waals surface area contributed by atoms with Crippen LogP contribution in [0.4, 0.5) is 0 Å². The second-order valence-corrected chi connectivity index (χ2v) is 7.78. The van der Waals surface area contributed by atoms with Gasteiger partial charge < -0.3 is 10.1 Å². The van der Waals surface area contributed by atoms with Crippen molar-refractivity contribution in [1.29, 1.82) is 0 Å². The Morgan fingerprint density at radius 2 is 1.82 bits per heavy atom. The third-order valence-corrected chi connectivity index (χ3v) is 5.89. The number of methoxy groups -OCH3 is 1. The lowest BCUT2D eigenvalue weighted by Crippen LogP contribution is -2.51. The Hall–Kier alpha value is -2.59. The van der Waals surface area contributed by atoms with E-state index in [0.717, 1.165) is 50.1 Å². The number of piperidine rings is 1. The normalized spacial score (nSPS) is 20.2. The smallest absolute Gasteiger partial charge is 0.244 e. The number of carbonyl (C=O) groups excluding carboxylic acids is 1. The number of fused-ring (bicyclic) bond motifs is 1. The molecule has 1 heterocycles. The molecule has 1 aliphatic carbocycles. The Labute approximate surface area is 167 Å². The largest absolute Gasteiger partial charge is 0.497 e. The Morgan fingerprint density at radius 1 is 1.11 bits per heavy atom. The highest BCUT2D eigenvalue weighted by molar-refractivity contribution is 5.91. The van der Waals surface area contributed by atoms with Crippen molar-refractivity contribution >= 4 is 12.0 Å². The molecule has 1 amide bonds. The Morgan fingerprint density at radius 3 is 2.50 bits per heavy atom. The van der Waals surface area contributed by atoms with Gasteiger partial charge >= 0.3 is 0 Å². The van der Waals surface area contributed by atoms with Crippen LogP contribution in [-0.4, -0.2) is 43.1 Å². The highest BCUT2D eigenvalue weighted by atomic mass is 16.5. The SMILES string of the molecule is COc1ccc(C=CC(=O)NC2CCCN(C3Cc4ccccc4C3)C2)cc1. The molecule has 1 saturated heterocycles. The van der Waals surface area contributed by atoms with E-state index in [2.05, 4.69) is 34.5 Å². The minimum Gasteiger partial charge on any atom is -0.497 e. The fourth-order valence-electron chi connectivity index (χ4n) is 4.39. The second-order valence-electron chi connectivity index (χ2n) is 7.78. The zero-order valence-corrected chi connectivity index (χ0v) is 16.4. The molecule has 1 atom stereocenters. The number of rotatable bonds is 5. The van der Waals surface area contributed by atoms with Crippen LogP contribution >= 0.6 is 0 Å². The van der Waals surface area contributed by atoms with Crippen molar-refractivity contribution in [3.8, 4) is 5.75 Å². The summed E-state index contributed by atoms with van der Waals surface area (Å²) in [5, 5.41) is 3.19. The van der Waals surface area contributed by atoms with Crippen LogP contribution in [0, 0.1) is 0 Å². The van der Waals surface area contributed by atoms with Crippen LogP contribution in [0.5, 0.6) is 5.75 Å². The maximum absolute atomic E-state index is 12.4. The average Bonchev–Trinajstić information content (AvgIpc) is 3.17. The summed E-state index contributed by atoms with van der Waals surface area (Å²) in [7, 11) is 1.65. The summed E-state index contributed by atoms with van der Waals surface area (Å²) in [6.45, 7) is 2.08. The van der Waals surface area contributed by atoms with E-state index in [-0.39, 0.29) is 11.9 Å². The van der Waals surface area contributed by atoms with E-state index in [4.69, 9.17) is 4.74 Å². The molecular formula is C24H28N2O2. The van der Waals surface area contributed by atoms with Crippen LogP contribution in [0.2, 0.25) is 0 Å². The number of ether oxygens (including phenoxy) is 1. The predicted molar refractivity (Wildman–Crippen MR) is 112 cm³/mol. The van der Waals surface area contributed by atoms with Crippen LogP contribution in [-0.2, 0) is 17.6 Å². The van der Waals surface area contributed by atoms with E-state index >= 15 is 0 Å². The van der Waals surface area contributed by atoms with E-state index < -0.39 is 0 Å². The van der Waals surface area contributed by atoms with Crippen molar-refractivity contribution in [2.24, 2.45) is 0 Å². The Bertz CT molecular complexity index is 819. The van der Waals surface area contributed by atoms with Gasteiger partial charge in [-0.2, -0.15) is 0 Å². The first kappa shape index (κ1) is 18.8. The molecular weight excluding hydrogens is 348 g/mol. The number of likely N-dealkylation sites (tertiary alicyclic amines) is 1. The molecule has 0 bridgehead atoms. The minimum absolute atomic E-state index is 0.0163. The molecule has 1 aliphatic heterocycles. The number of hydrogen-bond acceptors (Lipinski definition) is 3. The average molecular weight is 377 g/mol. The zero-order chi connectivity index (χ0) is 19.3. The van der Waals surface area contributed by atoms with Crippen LogP contribution in [0.15, 0.2) is 54.6 Å². The van der Waals surface area contributed by atoms with Gasteiger partial charge in [-0.25, -0.2) is 0 Å². The van der Waals surface area contributed by atoms with E-state index in [0.29, 0.717) is 6.04 Å². The lowest BCUT2D eigenvalue weighted by Gasteiger charge is -2.37. The van der Waals surface area contributed by atoms with E-state index in [1.807, 2.05) is 30.3 Å². The summed E-state index contributed by atoms with van der Waals surface area (Å²) in [6.07, 6.45) is 7.94. The number of amides is 1. The van der Waals surface area contributed by atoms with Gasteiger partial charge in [-0.15, -0.1) is 0 Å². The van der Waals surface area contributed by atoms with E-state index in [9.17, 15) is 4.79 Å². The van der Waals surface area contributed by atoms with Crippen LogP contribution in [0.25, 0.3) is 6.08 Å². The molecule has 1 unspecified atom stereocenters. The van der Waals surface area contributed by atoms with Crippen molar-refractivity contribution in [2.75, 3.05) is 20.2 Å². The summed E-state index contributed by atoms with van der Waals surface area (Å²) < 4.78 is 5.16. The number of benzene rings is 2. The highest BCUT2D eigenvalue weighted by Crippen LogP contribution is 2.27. The van der Waals surface area contributed by atoms with Gasteiger partial charge in [0.05, 0.1) is 7.11 Å². The minimum atomic E-state index is -0.0163. The van der Waals surface area contributed by atoms with Crippen molar-refractivity contribution < 1.29 is 9.53 Å². The predicted octanol–water partition coefficient (Wildman–Crippen LogP) is 3.46. The first-order chi connectivity index (χ1) is 13.7. The third kappa shape index (κ3) is 4.45. The second kappa shape index (κ2) is 8.61. The quantitative estimate of drug-likeness (QED) is 0.813. The molecule has 1 N–H and O–H groups in total. The van der Waals surface area contributed by atoms with Gasteiger partial charge in [0.1, 0.15) is 5.75 Å². The third-order valence-electron chi connectivity index (χ3n) is 5.89. The van der Waals surface area contributed by atoms with Gasteiger partial charge in [0.2, 0.25) is 5.91 Å². The van der Waals surface area contributed by atoms with Crippen molar-refractivity contribution in [3.63, 3.8) is 0 Å². The molecule has 146 valence electrons. The highest BCUT2D eigenvalue weighted by Gasteiger charge is 2.30. The standard InChI is InChI=1S/C24H28N2O2/c1-28-23-11-8-18(9-12-23)10-13-24(27)25-21-7-4-14-26(17-21)22-15-19-5-2-3-6-20(19)16-22/h2-3,5-6,8-13,21-22H,4,7,14-17H2,1H3,(H,25,27). The van der Waals surface area contributed by atoms with Gasteiger partial charge in [-0.3, -0.25) is 9.69 Å². The fraction of sp³-hybridized carbons (Fsp3) is 0.375. The number of nitrogens with zero attached hydrogens (tertiary/aromatic N) is 1. The molecule has 2 aromatic carbocycles. The number of nitrogens with one attached hydrogen (secondary N) is 1. The maximum atomic E-state index is 12.4. The lowest BCUT2D eigenvalue weighted by molar-refractivity contribution is -0.117. The van der Waals surface area contributed by atoms with Gasteiger partial charge in [0, 0.05) is 24.7 Å². The van der Waals surface area contributed by atoms with Crippen LogP contribution in [0.3, 0.4) is 0 Å². The summed E-state index contributed by atoms with van der Waals surface area (Å²) >= 11 is 0. The molecule has 0 aromatic heterocycles. The van der Waals surface area contributed by atoms with Gasteiger partial charge in [0.15, 0.2) is 0 Å². The first-order valence-electron chi connectivity index (χ1n) is 10.1. The zero-order valence-electron chi connectivity index (χ0n) is 16.4. The molecule has 0 spiro atoms. The first-order valence-corrected chi connectivity index (χ1v) is 10.1. The van der Waals surface area contributed by atoms with Crippen molar-refractivity contribution in [3.05, 3.63) is 71.3 Å². The van der Waals surface area contributed by atoms with Crippen molar-refractivity contribution in [1.82, 2.24) is 10.2 Å². The Balaban J connectivity index is 1.30. The molecule has 28 heavy (non-hydrogen) atoms. The Kier molecular flexibility index (Phi) is 5.77. The molecule has 0 saturated carbocycles. The number of hydrogen-bond donors (Lipinski definition) is 1. The van der Waals surface area contributed by atoms with Crippen LogP contribution in [0.1, 0.15) is 29.5 Å². The number of carbonyl (C=O) groups is 1. The molecule has 4 nitrogen and oxygen atoms in total. The van der Waals surface area contributed by atoms with E-state index in [1.165, 1.54) is 11.1 Å².